The molecular weight excluding hydrogens is 261 g/mol. The number of aryl methyl sites for hydroxylation is 1. The first kappa shape index (κ1) is 10.3. The van der Waals surface area contributed by atoms with E-state index in [1.165, 1.54) is 0 Å². The molecule has 0 aliphatic carbocycles. The molecule has 1 aromatic heterocycles. The third kappa shape index (κ3) is 2.12. The maximum atomic E-state index is 5.89. The lowest BCUT2D eigenvalue weighted by Gasteiger charge is -2.06. The predicted molar refractivity (Wildman–Crippen MR) is 56.3 cm³/mol. The van der Waals surface area contributed by atoms with Crippen LogP contribution in [-0.2, 0) is 11.8 Å². The SMILES string of the molecule is CCc1cc(Cl)nc(Cl)c1CBr. The van der Waals surface area contributed by atoms with E-state index in [4.69, 9.17) is 23.2 Å². The zero-order valence-corrected chi connectivity index (χ0v) is 9.67. The van der Waals surface area contributed by atoms with Crippen LogP contribution in [-0.4, -0.2) is 4.98 Å². The van der Waals surface area contributed by atoms with Crippen LogP contribution >= 0.6 is 39.1 Å². The molecule has 0 fully saturated rings. The number of alkyl halides is 1. The molecule has 0 aromatic carbocycles. The minimum Gasteiger partial charge on any atom is -0.224 e. The Balaban J connectivity index is 3.24. The van der Waals surface area contributed by atoms with Crippen molar-refractivity contribution in [3.63, 3.8) is 0 Å². The van der Waals surface area contributed by atoms with Gasteiger partial charge in [0.2, 0.25) is 0 Å². The highest BCUT2D eigenvalue weighted by Gasteiger charge is 2.07. The highest BCUT2D eigenvalue weighted by Crippen LogP contribution is 2.24. The van der Waals surface area contributed by atoms with E-state index in [1.54, 1.807) is 0 Å². The molecule has 0 unspecified atom stereocenters. The standard InChI is InChI=1S/C8H8BrCl2N/c1-2-5-3-7(10)12-8(11)6(5)4-9/h3H,2,4H2,1H3. The predicted octanol–water partition coefficient (Wildman–Crippen LogP) is 3.85. The van der Waals surface area contributed by atoms with Gasteiger partial charge in [-0.1, -0.05) is 46.1 Å². The number of hydrogen-bond donors (Lipinski definition) is 0. The summed E-state index contributed by atoms with van der Waals surface area (Å²) in [6.45, 7) is 2.06. The van der Waals surface area contributed by atoms with Gasteiger partial charge in [-0.25, -0.2) is 4.98 Å². The van der Waals surface area contributed by atoms with Crippen molar-refractivity contribution >= 4 is 39.1 Å². The fourth-order valence-electron chi connectivity index (χ4n) is 1.01. The highest BCUT2D eigenvalue weighted by atomic mass is 79.9. The van der Waals surface area contributed by atoms with Crippen molar-refractivity contribution < 1.29 is 0 Å². The topological polar surface area (TPSA) is 12.9 Å². The van der Waals surface area contributed by atoms with E-state index in [2.05, 4.69) is 27.8 Å². The summed E-state index contributed by atoms with van der Waals surface area (Å²) in [7, 11) is 0. The third-order valence-corrected chi connectivity index (χ3v) is 2.72. The molecule has 1 heterocycles. The van der Waals surface area contributed by atoms with E-state index < -0.39 is 0 Å². The van der Waals surface area contributed by atoms with Gasteiger partial charge in [0, 0.05) is 10.9 Å². The second kappa shape index (κ2) is 4.45. The zero-order valence-electron chi connectivity index (χ0n) is 6.57. The molecule has 66 valence electrons. The number of hydrogen-bond acceptors (Lipinski definition) is 1. The number of rotatable bonds is 2. The minimum atomic E-state index is 0.460. The summed E-state index contributed by atoms with van der Waals surface area (Å²) >= 11 is 15.0. The maximum Gasteiger partial charge on any atom is 0.135 e. The molecule has 0 atom stereocenters. The van der Waals surface area contributed by atoms with Crippen molar-refractivity contribution in [1.29, 1.82) is 0 Å². The Kier molecular flexibility index (Phi) is 3.81. The van der Waals surface area contributed by atoms with Gasteiger partial charge in [-0.3, -0.25) is 0 Å². The monoisotopic (exact) mass is 267 g/mol. The van der Waals surface area contributed by atoms with Crippen molar-refractivity contribution in [3.8, 4) is 0 Å². The van der Waals surface area contributed by atoms with Crippen molar-refractivity contribution in [1.82, 2.24) is 4.98 Å². The molecule has 1 nitrogen and oxygen atoms in total. The molecule has 0 saturated heterocycles. The van der Waals surface area contributed by atoms with Crippen molar-refractivity contribution in [2.75, 3.05) is 0 Å². The largest absolute Gasteiger partial charge is 0.224 e. The minimum absolute atomic E-state index is 0.460. The van der Waals surface area contributed by atoms with Gasteiger partial charge in [0.25, 0.3) is 0 Å². The van der Waals surface area contributed by atoms with E-state index in [9.17, 15) is 0 Å². The van der Waals surface area contributed by atoms with Crippen LogP contribution in [0.15, 0.2) is 6.07 Å². The molecule has 0 bridgehead atoms. The van der Waals surface area contributed by atoms with Crippen LogP contribution in [0.2, 0.25) is 10.3 Å². The zero-order chi connectivity index (χ0) is 9.14. The first-order valence-electron chi connectivity index (χ1n) is 3.58. The van der Waals surface area contributed by atoms with Gasteiger partial charge < -0.3 is 0 Å². The number of nitrogens with zero attached hydrogens (tertiary/aromatic N) is 1. The summed E-state index contributed by atoms with van der Waals surface area (Å²) in [5, 5.41) is 1.68. The van der Waals surface area contributed by atoms with E-state index in [0.29, 0.717) is 10.3 Å². The smallest absolute Gasteiger partial charge is 0.135 e. The molecule has 1 aromatic rings. The number of aromatic nitrogens is 1. The molecular formula is C8H8BrCl2N. The van der Waals surface area contributed by atoms with Gasteiger partial charge in [0.1, 0.15) is 10.3 Å². The maximum absolute atomic E-state index is 5.89. The molecule has 0 amide bonds. The van der Waals surface area contributed by atoms with E-state index >= 15 is 0 Å². The van der Waals surface area contributed by atoms with Gasteiger partial charge in [0.15, 0.2) is 0 Å². The average Bonchev–Trinajstić information content (AvgIpc) is 2.03. The van der Waals surface area contributed by atoms with Crippen LogP contribution < -0.4 is 0 Å². The van der Waals surface area contributed by atoms with Crippen LogP contribution in [0.5, 0.6) is 0 Å². The summed E-state index contributed by atoms with van der Waals surface area (Å²) in [4.78, 5) is 3.95. The second-order valence-corrected chi connectivity index (χ2v) is 3.67. The van der Waals surface area contributed by atoms with Crippen LogP contribution in [0, 0.1) is 0 Å². The van der Waals surface area contributed by atoms with Crippen LogP contribution in [0.25, 0.3) is 0 Å². The van der Waals surface area contributed by atoms with Gasteiger partial charge in [-0.2, -0.15) is 0 Å². The van der Waals surface area contributed by atoms with E-state index in [0.717, 1.165) is 22.9 Å². The van der Waals surface area contributed by atoms with E-state index in [1.807, 2.05) is 6.07 Å². The Morgan fingerprint density at radius 2 is 2.17 bits per heavy atom. The van der Waals surface area contributed by atoms with E-state index in [-0.39, 0.29) is 0 Å². The van der Waals surface area contributed by atoms with Gasteiger partial charge in [-0.05, 0) is 18.1 Å². The average molecular weight is 269 g/mol. The fraction of sp³-hybridized carbons (Fsp3) is 0.375. The van der Waals surface area contributed by atoms with Crippen molar-refractivity contribution in [2.45, 2.75) is 18.7 Å². The molecule has 0 N–H and O–H groups in total. The summed E-state index contributed by atoms with van der Waals surface area (Å²) < 4.78 is 0. The van der Waals surface area contributed by atoms with Gasteiger partial charge in [-0.15, -0.1) is 0 Å². The van der Waals surface area contributed by atoms with Gasteiger partial charge >= 0.3 is 0 Å². The van der Waals surface area contributed by atoms with Crippen molar-refractivity contribution in [2.24, 2.45) is 0 Å². The molecule has 0 spiro atoms. The Hall–Kier alpha value is 0.210. The van der Waals surface area contributed by atoms with Crippen molar-refractivity contribution in [3.05, 3.63) is 27.5 Å². The lowest BCUT2D eigenvalue weighted by atomic mass is 10.1. The summed E-state index contributed by atoms with van der Waals surface area (Å²) in [5.41, 5.74) is 2.18. The fourth-order valence-corrected chi connectivity index (χ4v) is 2.34. The Morgan fingerprint density at radius 3 is 2.67 bits per heavy atom. The molecule has 12 heavy (non-hydrogen) atoms. The molecule has 1 rings (SSSR count). The molecule has 0 saturated carbocycles. The Bertz CT molecular complexity index is 289. The Labute approximate surface area is 90.2 Å². The lowest BCUT2D eigenvalue weighted by Crippen LogP contribution is -1.93. The molecule has 0 aliphatic rings. The normalized spacial score (nSPS) is 10.3. The summed E-state index contributed by atoms with van der Waals surface area (Å²) in [5.74, 6) is 0. The Morgan fingerprint density at radius 1 is 1.50 bits per heavy atom. The summed E-state index contributed by atoms with van der Waals surface area (Å²) in [6, 6.07) is 1.85. The van der Waals surface area contributed by atoms with Crippen LogP contribution in [0.3, 0.4) is 0 Å². The van der Waals surface area contributed by atoms with Gasteiger partial charge in [0.05, 0.1) is 0 Å². The quantitative estimate of drug-likeness (QED) is 0.587. The first-order chi connectivity index (χ1) is 5.69. The summed E-state index contributed by atoms with van der Waals surface area (Å²) in [6.07, 6.45) is 0.920. The second-order valence-electron chi connectivity index (χ2n) is 2.36. The van der Waals surface area contributed by atoms with Crippen LogP contribution in [0.4, 0.5) is 0 Å². The number of pyridine rings is 1. The molecule has 4 heteroatoms. The number of halogens is 3. The van der Waals surface area contributed by atoms with Crippen LogP contribution in [0.1, 0.15) is 18.1 Å². The highest BCUT2D eigenvalue weighted by molar-refractivity contribution is 9.08. The molecule has 0 radical (unpaired) electrons. The molecule has 0 aliphatic heterocycles. The third-order valence-electron chi connectivity index (χ3n) is 1.65. The first-order valence-corrected chi connectivity index (χ1v) is 5.46. The lowest BCUT2D eigenvalue weighted by molar-refractivity contribution is 1.08.